The number of hydrogen-bond acceptors (Lipinski definition) is 4. The second-order valence-corrected chi connectivity index (χ2v) is 7.21. The van der Waals surface area contributed by atoms with Gasteiger partial charge in [-0.3, -0.25) is 9.59 Å². The van der Waals surface area contributed by atoms with Crippen molar-refractivity contribution in [1.82, 2.24) is 5.32 Å². The molecule has 0 unspecified atom stereocenters. The number of halogens is 1. The minimum absolute atomic E-state index is 0.0902. The van der Waals surface area contributed by atoms with Gasteiger partial charge in [0.05, 0.1) is 22.4 Å². The molecule has 1 N–H and O–H groups in total. The second kappa shape index (κ2) is 8.22. The quantitative estimate of drug-likeness (QED) is 0.783. The van der Waals surface area contributed by atoms with Crippen molar-refractivity contribution in [2.45, 2.75) is 12.3 Å². The van der Waals surface area contributed by atoms with Crippen molar-refractivity contribution in [3.05, 3.63) is 81.3 Å². The highest BCUT2D eigenvalue weighted by Crippen LogP contribution is 2.35. The van der Waals surface area contributed by atoms with E-state index in [0.717, 1.165) is 5.56 Å². The fraction of sp³-hybridized carbons (Fsp3) is 0.150. The van der Waals surface area contributed by atoms with E-state index < -0.39 is 0 Å². The first-order valence-corrected chi connectivity index (χ1v) is 9.35. The molecule has 0 radical (unpaired) electrons. The molecule has 1 aliphatic rings. The van der Waals surface area contributed by atoms with Crippen molar-refractivity contribution in [2.24, 2.45) is 0 Å². The van der Waals surface area contributed by atoms with Crippen molar-refractivity contribution >= 4 is 35.1 Å². The number of amides is 1. The van der Waals surface area contributed by atoms with Crippen molar-refractivity contribution < 1.29 is 9.59 Å². The summed E-state index contributed by atoms with van der Waals surface area (Å²) in [6, 6.07) is 18.3. The number of hydrogen-bond donors (Lipinski definition) is 1. The maximum atomic E-state index is 12.3. The van der Waals surface area contributed by atoms with Crippen molar-refractivity contribution in [1.29, 1.82) is 5.26 Å². The normalized spacial score (nSPS) is 16.8. The number of carbonyl (C=O) groups is 2. The van der Waals surface area contributed by atoms with Gasteiger partial charge in [0, 0.05) is 22.9 Å². The van der Waals surface area contributed by atoms with E-state index in [9.17, 15) is 14.9 Å². The van der Waals surface area contributed by atoms with Crippen LogP contribution in [0.3, 0.4) is 0 Å². The van der Waals surface area contributed by atoms with E-state index in [1.807, 2.05) is 30.3 Å². The zero-order chi connectivity index (χ0) is 18.5. The number of carbonyl (C=O) groups excluding carboxylic acids is 2. The molecule has 1 atom stereocenters. The van der Waals surface area contributed by atoms with Crippen LogP contribution in [0.15, 0.2) is 65.2 Å². The van der Waals surface area contributed by atoms with Crippen LogP contribution in [0.4, 0.5) is 0 Å². The molecule has 26 heavy (non-hydrogen) atoms. The summed E-state index contributed by atoms with van der Waals surface area (Å²) in [6.45, 7) is 0. The number of nitrogens with zero attached hydrogens (tertiary/aromatic N) is 1. The smallest absolute Gasteiger partial charge is 0.225 e. The molecule has 3 rings (SSSR count). The van der Waals surface area contributed by atoms with E-state index in [0.29, 0.717) is 21.2 Å². The molecule has 4 nitrogen and oxygen atoms in total. The Hall–Kier alpha value is -2.55. The molecule has 2 aromatic carbocycles. The third-order valence-electron chi connectivity index (χ3n) is 4.07. The molecule has 0 fully saturated rings. The van der Waals surface area contributed by atoms with Crippen LogP contribution >= 0.6 is 23.4 Å². The van der Waals surface area contributed by atoms with Gasteiger partial charge < -0.3 is 5.32 Å². The molecule has 1 heterocycles. The molecule has 0 spiro atoms. The van der Waals surface area contributed by atoms with Crippen LogP contribution in [0.25, 0.3) is 0 Å². The number of Topliss-reactive ketones (excluding diaryl/α,β-unsaturated/α-hetero) is 1. The fourth-order valence-electron chi connectivity index (χ4n) is 2.76. The Balaban J connectivity index is 1.81. The molecule has 0 bridgehead atoms. The van der Waals surface area contributed by atoms with Crippen LogP contribution in [-0.2, 0) is 4.79 Å². The molecule has 2 aromatic rings. The Bertz CT molecular complexity index is 902. The minimum Gasteiger partial charge on any atom is -0.320 e. The molecule has 0 saturated heterocycles. The molecule has 6 heteroatoms. The van der Waals surface area contributed by atoms with Crippen LogP contribution in [0, 0.1) is 11.3 Å². The number of allylic oxidation sites excluding steroid dienone is 1. The zero-order valence-electron chi connectivity index (χ0n) is 13.7. The van der Waals surface area contributed by atoms with E-state index in [-0.39, 0.29) is 29.8 Å². The summed E-state index contributed by atoms with van der Waals surface area (Å²) in [5, 5.41) is 13.4. The van der Waals surface area contributed by atoms with Crippen LogP contribution < -0.4 is 5.32 Å². The number of nitriles is 1. The highest BCUT2D eigenvalue weighted by atomic mass is 35.5. The molecule has 0 saturated carbocycles. The Kier molecular flexibility index (Phi) is 5.77. The monoisotopic (exact) mass is 382 g/mol. The summed E-state index contributed by atoms with van der Waals surface area (Å²) in [6.07, 6.45) is 0.224. The van der Waals surface area contributed by atoms with Gasteiger partial charge in [-0.15, -0.1) is 0 Å². The van der Waals surface area contributed by atoms with Crippen molar-refractivity contribution in [3.63, 3.8) is 0 Å². The molecule has 1 amide bonds. The van der Waals surface area contributed by atoms with E-state index in [2.05, 4.69) is 11.4 Å². The summed E-state index contributed by atoms with van der Waals surface area (Å²) in [5.74, 6) is -0.404. The van der Waals surface area contributed by atoms with Gasteiger partial charge in [0.2, 0.25) is 5.91 Å². The minimum atomic E-state index is -0.289. The lowest BCUT2D eigenvalue weighted by molar-refractivity contribution is -0.120. The third-order valence-corrected chi connectivity index (χ3v) is 5.34. The van der Waals surface area contributed by atoms with E-state index in [4.69, 9.17) is 11.6 Å². The summed E-state index contributed by atoms with van der Waals surface area (Å²) in [7, 11) is 0. The van der Waals surface area contributed by atoms with Gasteiger partial charge >= 0.3 is 0 Å². The van der Waals surface area contributed by atoms with E-state index in [1.165, 1.54) is 11.8 Å². The Morgan fingerprint density at radius 3 is 2.54 bits per heavy atom. The van der Waals surface area contributed by atoms with Gasteiger partial charge in [-0.25, -0.2) is 0 Å². The van der Waals surface area contributed by atoms with Crippen molar-refractivity contribution in [3.8, 4) is 6.07 Å². The summed E-state index contributed by atoms with van der Waals surface area (Å²) in [5.41, 5.74) is 1.95. The van der Waals surface area contributed by atoms with Crippen LogP contribution in [0.5, 0.6) is 0 Å². The molecule has 0 aromatic heterocycles. The van der Waals surface area contributed by atoms with Gasteiger partial charge in [-0.1, -0.05) is 53.7 Å². The summed E-state index contributed by atoms with van der Waals surface area (Å²) < 4.78 is 0. The fourth-order valence-corrected chi connectivity index (χ4v) is 3.86. The first kappa shape index (κ1) is 18.2. The summed E-state index contributed by atoms with van der Waals surface area (Å²) in [4.78, 5) is 24.4. The lowest BCUT2D eigenvalue weighted by Gasteiger charge is -2.25. The van der Waals surface area contributed by atoms with Gasteiger partial charge in [-0.05, 0) is 29.8 Å². The van der Waals surface area contributed by atoms with Crippen LogP contribution in [-0.4, -0.2) is 17.4 Å². The van der Waals surface area contributed by atoms with E-state index in [1.54, 1.807) is 24.3 Å². The largest absolute Gasteiger partial charge is 0.320 e. The highest BCUT2D eigenvalue weighted by Gasteiger charge is 2.29. The first-order chi connectivity index (χ1) is 12.6. The molecule has 0 aliphatic carbocycles. The molecule has 1 aliphatic heterocycles. The molecular formula is C20H15ClN2O2S. The van der Waals surface area contributed by atoms with Gasteiger partial charge in [0.15, 0.2) is 5.78 Å². The number of nitrogens with one attached hydrogen (secondary N) is 1. The topological polar surface area (TPSA) is 70.0 Å². The van der Waals surface area contributed by atoms with Crippen molar-refractivity contribution in [2.75, 3.05) is 5.75 Å². The maximum absolute atomic E-state index is 12.3. The average Bonchev–Trinajstić information content (AvgIpc) is 2.67. The summed E-state index contributed by atoms with van der Waals surface area (Å²) >= 11 is 7.02. The third kappa shape index (κ3) is 4.16. The molecule has 130 valence electrons. The number of ketones is 1. The van der Waals surface area contributed by atoms with Gasteiger partial charge in [0.1, 0.15) is 0 Å². The van der Waals surface area contributed by atoms with Crippen LogP contribution in [0.1, 0.15) is 28.3 Å². The number of benzene rings is 2. The zero-order valence-corrected chi connectivity index (χ0v) is 15.3. The van der Waals surface area contributed by atoms with Crippen LogP contribution in [0.2, 0.25) is 5.02 Å². The number of thioether (sulfide) groups is 1. The maximum Gasteiger partial charge on any atom is 0.225 e. The average molecular weight is 383 g/mol. The van der Waals surface area contributed by atoms with Gasteiger partial charge in [-0.2, -0.15) is 5.26 Å². The SMILES string of the molecule is N#CC1=C(SCC(=O)c2ccc(Cl)cc2)NC(=O)C[C@@H]1c1ccccc1. The standard InChI is InChI=1S/C20H15ClN2O2S/c21-15-8-6-14(7-9-15)18(24)12-26-20-17(11-22)16(10-19(25)23-20)13-4-2-1-3-5-13/h1-9,16H,10,12H2,(H,23,25)/t16-/m1/s1. The Morgan fingerprint density at radius 2 is 1.88 bits per heavy atom. The molecular weight excluding hydrogens is 368 g/mol. The lowest BCUT2D eigenvalue weighted by Crippen LogP contribution is -2.31. The van der Waals surface area contributed by atoms with Gasteiger partial charge in [0.25, 0.3) is 0 Å². The lowest BCUT2D eigenvalue weighted by atomic mass is 9.87. The Morgan fingerprint density at radius 1 is 1.19 bits per heavy atom. The number of rotatable bonds is 5. The first-order valence-electron chi connectivity index (χ1n) is 7.99. The second-order valence-electron chi connectivity index (χ2n) is 5.79. The predicted octanol–water partition coefficient (Wildman–Crippen LogP) is 4.29. The highest BCUT2D eigenvalue weighted by molar-refractivity contribution is 8.03. The predicted molar refractivity (Wildman–Crippen MR) is 103 cm³/mol. The van der Waals surface area contributed by atoms with E-state index >= 15 is 0 Å². The Labute approximate surface area is 160 Å².